The minimum Gasteiger partial charge on any atom is -0.309 e. The van der Waals surface area contributed by atoms with Gasteiger partial charge in [0.1, 0.15) is 9.84 Å². The zero-order valence-electron chi connectivity index (χ0n) is 13.2. The van der Waals surface area contributed by atoms with Gasteiger partial charge in [-0.25, -0.2) is 8.42 Å². The van der Waals surface area contributed by atoms with E-state index in [0.29, 0.717) is 5.75 Å². The van der Waals surface area contributed by atoms with E-state index in [2.05, 4.69) is 31.3 Å². The highest BCUT2D eigenvalue weighted by atomic mass is 32.2. The van der Waals surface area contributed by atoms with Gasteiger partial charge in [0.2, 0.25) is 0 Å². The minimum absolute atomic E-state index is 0.00491. The summed E-state index contributed by atoms with van der Waals surface area (Å²) in [4.78, 5) is 0. The molecule has 0 saturated carbocycles. The molecule has 0 radical (unpaired) electrons. The Morgan fingerprint density at radius 1 is 1.24 bits per heavy atom. The molecule has 0 fully saturated rings. The summed E-state index contributed by atoms with van der Waals surface area (Å²) in [6.07, 6.45) is 1.18. The van der Waals surface area contributed by atoms with Gasteiger partial charge in [-0.3, -0.25) is 4.21 Å². The van der Waals surface area contributed by atoms with Crippen LogP contribution in [0.4, 0.5) is 0 Å². The summed E-state index contributed by atoms with van der Waals surface area (Å²) in [7, 11) is -4.21. The predicted octanol–water partition coefficient (Wildman–Crippen LogP) is 1.75. The van der Waals surface area contributed by atoms with E-state index in [9.17, 15) is 12.6 Å². The molecule has 4 nitrogen and oxygen atoms in total. The van der Waals surface area contributed by atoms with Crippen molar-refractivity contribution in [3.63, 3.8) is 0 Å². The molecule has 2 atom stereocenters. The van der Waals surface area contributed by atoms with Crippen LogP contribution >= 0.6 is 0 Å². The van der Waals surface area contributed by atoms with Gasteiger partial charge in [-0.2, -0.15) is 0 Å². The standard InChI is InChI=1S/C15H25NO3S2/c1-5-16-15(11-20(17)8-9-21(4,18)19)14-7-6-12(2)13(3)10-14/h6-7,10,15-16H,5,8-9,11H2,1-4H3. The number of nitrogens with one attached hydrogen (secondary N) is 1. The maximum atomic E-state index is 12.1. The van der Waals surface area contributed by atoms with Gasteiger partial charge in [-0.1, -0.05) is 25.1 Å². The second-order valence-electron chi connectivity index (χ2n) is 5.39. The molecule has 0 amide bonds. The summed E-state index contributed by atoms with van der Waals surface area (Å²) < 4.78 is 34.4. The van der Waals surface area contributed by atoms with Gasteiger partial charge in [0.05, 0.1) is 5.75 Å². The molecule has 0 aliphatic heterocycles. The Labute approximate surface area is 130 Å². The fourth-order valence-corrected chi connectivity index (χ4v) is 4.82. The average molecular weight is 332 g/mol. The molecule has 0 aromatic heterocycles. The Balaban J connectivity index is 2.77. The topological polar surface area (TPSA) is 63.2 Å². The molecule has 0 bridgehead atoms. The number of rotatable bonds is 8. The Morgan fingerprint density at radius 2 is 1.90 bits per heavy atom. The number of hydrogen-bond donors (Lipinski definition) is 1. The normalized spacial score (nSPS) is 14.9. The molecular formula is C15H25NO3S2. The van der Waals surface area contributed by atoms with Gasteiger partial charge < -0.3 is 5.32 Å². The Hall–Kier alpha value is -0.720. The van der Waals surface area contributed by atoms with Gasteiger partial charge >= 0.3 is 0 Å². The summed E-state index contributed by atoms with van der Waals surface area (Å²) >= 11 is 0. The van der Waals surface area contributed by atoms with Gasteiger partial charge in [-0.15, -0.1) is 0 Å². The predicted molar refractivity (Wildman–Crippen MR) is 89.9 cm³/mol. The first-order chi connectivity index (χ1) is 9.73. The second kappa shape index (κ2) is 8.06. The van der Waals surface area contributed by atoms with E-state index in [0.717, 1.165) is 12.1 Å². The van der Waals surface area contributed by atoms with E-state index >= 15 is 0 Å². The van der Waals surface area contributed by atoms with Crippen molar-refractivity contribution in [3.8, 4) is 0 Å². The summed E-state index contributed by atoms with van der Waals surface area (Å²) in [5.41, 5.74) is 3.54. The van der Waals surface area contributed by atoms with Crippen molar-refractivity contribution in [2.45, 2.75) is 26.8 Å². The van der Waals surface area contributed by atoms with Crippen LogP contribution in [0.2, 0.25) is 0 Å². The fraction of sp³-hybridized carbons (Fsp3) is 0.600. The Morgan fingerprint density at radius 3 is 2.43 bits per heavy atom. The van der Waals surface area contributed by atoms with Gasteiger partial charge in [0.15, 0.2) is 0 Å². The molecule has 1 N–H and O–H groups in total. The molecule has 1 rings (SSSR count). The molecule has 21 heavy (non-hydrogen) atoms. The van der Waals surface area contributed by atoms with Crippen molar-refractivity contribution >= 4 is 20.6 Å². The summed E-state index contributed by atoms with van der Waals surface area (Å²) in [5.74, 6) is 0.614. The van der Waals surface area contributed by atoms with Gasteiger partial charge in [-0.05, 0) is 37.1 Å². The molecule has 0 heterocycles. The van der Waals surface area contributed by atoms with E-state index in [4.69, 9.17) is 0 Å². The molecule has 1 aromatic carbocycles. The van der Waals surface area contributed by atoms with Crippen LogP contribution in [-0.4, -0.2) is 42.7 Å². The van der Waals surface area contributed by atoms with Crippen molar-refractivity contribution in [2.24, 2.45) is 0 Å². The number of sulfone groups is 1. The quantitative estimate of drug-likeness (QED) is 0.788. The third-order valence-corrected chi connectivity index (χ3v) is 5.99. The largest absolute Gasteiger partial charge is 0.309 e. The lowest BCUT2D eigenvalue weighted by atomic mass is 10.0. The number of aryl methyl sites for hydroxylation is 2. The van der Waals surface area contributed by atoms with E-state index < -0.39 is 20.6 Å². The van der Waals surface area contributed by atoms with Crippen LogP contribution < -0.4 is 5.32 Å². The fourth-order valence-electron chi connectivity index (χ4n) is 2.01. The van der Waals surface area contributed by atoms with Crippen molar-refractivity contribution in [3.05, 3.63) is 34.9 Å². The third-order valence-electron chi connectivity index (χ3n) is 3.42. The first kappa shape index (κ1) is 18.3. The highest BCUT2D eigenvalue weighted by Crippen LogP contribution is 2.18. The van der Waals surface area contributed by atoms with Crippen LogP contribution in [0.25, 0.3) is 0 Å². The monoisotopic (exact) mass is 331 g/mol. The van der Waals surface area contributed by atoms with Crippen molar-refractivity contribution in [1.82, 2.24) is 5.32 Å². The number of benzene rings is 1. The molecule has 0 aliphatic rings. The van der Waals surface area contributed by atoms with E-state index in [1.54, 1.807) is 0 Å². The highest BCUT2D eigenvalue weighted by molar-refractivity contribution is 7.92. The lowest BCUT2D eigenvalue weighted by Gasteiger charge is -2.19. The van der Waals surface area contributed by atoms with E-state index in [-0.39, 0.29) is 17.5 Å². The summed E-state index contributed by atoms with van der Waals surface area (Å²) in [6.45, 7) is 6.91. The van der Waals surface area contributed by atoms with Gasteiger partial charge in [0, 0.05) is 34.6 Å². The molecule has 120 valence electrons. The SMILES string of the molecule is CCNC(CS(=O)CCS(C)(=O)=O)c1ccc(C)c(C)c1. The lowest BCUT2D eigenvalue weighted by molar-refractivity contribution is 0.592. The third kappa shape index (κ3) is 6.72. The first-order valence-corrected chi connectivity index (χ1v) is 10.6. The zero-order valence-corrected chi connectivity index (χ0v) is 14.8. The zero-order chi connectivity index (χ0) is 16.0. The molecule has 1 aromatic rings. The molecule has 0 saturated heterocycles. The molecule has 0 spiro atoms. The smallest absolute Gasteiger partial charge is 0.148 e. The average Bonchev–Trinajstić information content (AvgIpc) is 2.38. The first-order valence-electron chi connectivity index (χ1n) is 7.06. The lowest BCUT2D eigenvalue weighted by Crippen LogP contribution is -2.28. The molecule has 2 unspecified atom stereocenters. The van der Waals surface area contributed by atoms with E-state index in [1.807, 2.05) is 13.0 Å². The van der Waals surface area contributed by atoms with Crippen LogP contribution in [0.15, 0.2) is 18.2 Å². The second-order valence-corrected chi connectivity index (χ2v) is 9.28. The van der Waals surface area contributed by atoms with E-state index in [1.165, 1.54) is 17.4 Å². The van der Waals surface area contributed by atoms with Gasteiger partial charge in [0.25, 0.3) is 0 Å². The molecular weight excluding hydrogens is 306 g/mol. The van der Waals surface area contributed by atoms with Crippen LogP contribution in [0.1, 0.15) is 29.7 Å². The Kier molecular flexibility index (Phi) is 7.03. The number of hydrogen-bond acceptors (Lipinski definition) is 4. The summed E-state index contributed by atoms with van der Waals surface area (Å²) in [5, 5.41) is 3.33. The van der Waals surface area contributed by atoms with Crippen LogP contribution in [0.3, 0.4) is 0 Å². The maximum absolute atomic E-state index is 12.1. The van der Waals surface area contributed by atoms with Crippen molar-refractivity contribution in [2.75, 3.05) is 30.1 Å². The Bertz CT molecular complexity index is 597. The maximum Gasteiger partial charge on any atom is 0.148 e. The van der Waals surface area contributed by atoms with Crippen LogP contribution in [0, 0.1) is 13.8 Å². The summed E-state index contributed by atoms with van der Waals surface area (Å²) in [6, 6.07) is 6.21. The van der Waals surface area contributed by atoms with Crippen molar-refractivity contribution < 1.29 is 12.6 Å². The molecule has 0 aliphatic carbocycles. The van der Waals surface area contributed by atoms with Crippen LogP contribution in [-0.2, 0) is 20.6 Å². The van der Waals surface area contributed by atoms with Crippen LogP contribution in [0.5, 0.6) is 0 Å². The highest BCUT2D eigenvalue weighted by Gasteiger charge is 2.16. The molecule has 6 heteroatoms. The minimum atomic E-state index is -3.06. The van der Waals surface area contributed by atoms with Crippen molar-refractivity contribution in [1.29, 1.82) is 0 Å².